The minimum Gasteiger partial charge on any atom is -0.481 e. The van der Waals surface area contributed by atoms with E-state index in [4.69, 9.17) is 0 Å². The van der Waals surface area contributed by atoms with Crippen molar-refractivity contribution in [2.75, 3.05) is 0 Å². The number of aliphatic carboxylic acids is 1. The van der Waals surface area contributed by atoms with Gasteiger partial charge in [-0.3, -0.25) is 9.59 Å². The molecule has 0 bridgehead atoms. The molecule has 0 aliphatic heterocycles. The van der Waals surface area contributed by atoms with Gasteiger partial charge in [-0.15, -0.1) is 0 Å². The number of hydrogen-bond donors (Lipinski definition) is 2. The molecule has 0 spiro atoms. The van der Waals surface area contributed by atoms with Crippen LogP contribution >= 0.6 is 0 Å². The summed E-state index contributed by atoms with van der Waals surface area (Å²) in [5, 5.41) is 22.8. The van der Waals surface area contributed by atoms with Crippen molar-refractivity contribution in [2.45, 2.75) is 50.9 Å². The van der Waals surface area contributed by atoms with Crippen LogP contribution in [0.5, 0.6) is 0 Å². The molecular weight excluding hydrogens is 440 g/mol. The third-order valence-electron chi connectivity index (χ3n) is 7.39. The van der Waals surface area contributed by atoms with Crippen LogP contribution in [-0.2, 0) is 11.8 Å². The predicted molar refractivity (Wildman–Crippen MR) is 136 cm³/mol. The fourth-order valence-electron chi connectivity index (χ4n) is 5.23. The van der Waals surface area contributed by atoms with Gasteiger partial charge in [0, 0.05) is 37.2 Å². The third-order valence-corrected chi connectivity index (χ3v) is 7.39. The zero-order chi connectivity index (χ0) is 24.9. The molecule has 1 aliphatic rings. The maximum atomic E-state index is 11.8. The maximum Gasteiger partial charge on any atom is 0.306 e. The summed E-state index contributed by atoms with van der Waals surface area (Å²) in [7, 11) is 1.68. The van der Waals surface area contributed by atoms with Gasteiger partial charge >= 0.3 is 5.97 Å². The number of pyridine rings is 1. The largest absolute Gasteiger partial charge is 0.481 e. The summed E-state index contributed by atoms with van der Waals surface area (Å²) in [6, 6.07) is 20.0. The number of rotatable bonds is 7. The van der Waals surface area contributed by atoms with Crippen LogP contribution in [0.4, 0.5) is 0 Å². The highest BCUT2D eigenvalue weighted by atomic mass is 16.4. The fourth-order valence-corrected chi connectivity index (χ4v) is 5.23. The molecule has 1 aromatic heterocycles. The van der Waals surface area contributed by atoms with Crippen molar-refractivity contribution in [1.29, 1.82) is 0 Å². The summed E-state index contributed by atoms with van der Waals surface area (Å²) >= 11 is 0. The normalized spacial score (nSPS) is 19.3. The zero-order valence-corrected chi connectivity index (χ0v) is 20.2. The quantitative estimate of drug-likeness (QED) is 0.272. The van der Waals surface area contributed by atoms with Gasteiger partial charge in [-0.25, -0.2) is 0 Å². The van der Waals surface area contributed by atoms with E-state index in [0.29, 0.717) is 23.6 Å². The molecule has 2 N–H and O–H groups in total. The van der Waals surface area contributed by atoms with Crippen molar-refractivity contribution in [1.82, 2.24) is 4.57 Å². The topological polar surface area (TPSA) is 91.9 Å². The molecule has 6 nitrogen and oxygen atoms in total. The standard InChI is InChI=1S/C29H32N2O4/c1-19-5-3-4-6-25(19)26(17-27(30-35)24-15-16-28(32)31(2)18-24)22-11-7-20(8-12-22)21-9-13-23(14-10-21)29(33)34/h3-8,11-12,15-16,18,21,23,26,35H,9-10,13-14,17H2,1-2H3,(H,33,34)/b30-27+/t21?,23?,26-/m0/s1. The summed E-state index contributed by atoms with van der Waals surface area (Å²) in [6.07, 6.45) is 5.41. The van der Waals surface area contributed by atoms with E-state index in [0.717, 1.165) is 42.4 Å². The molecule has 182 valence electrons. The number of benzene rings is 2. The first-order valence-electron chi connectivity index (χ1n) is 12.1. The Bertz CT molecular complexity index is 1270. The molecular formula is C29H32N2O4. The molecule has 1 saturated carbocycles. The van der Waals surface area contributed by atoms with E-state index in [1.54, 1.807) is 19.3 Å². The molecule has 35 heavy (non-hydrogen) atoms. The summed E-state index contributed by atoms with van der Waals surface area (Å²) in [5.41, 5.74) is 5.79. The molecule has 1 fully saturated rings. The lowest BCUT2D eigenvalue weighted by molar-refractivity contribution is -0.142. The first-order valence-corrected chi connectivity index (χ1v) is 12.1. The van der Waals surface area contributed by atoms with E-state index in [1.807, 2.05) is 12.1 Å². The Kier molecular flexibility index (Phi) is 7.49. The van der Waals surface area contributed by atoms with Gasteiger partial charge < -0.3 is 14.9 Å². The smallest absolute Gasteiger partial charge is 0.306 e. The van der Waals surface area contributed by atoms with E-state index in [-0.39, 0.29) is 17.4 Å². The number of aromatic nitrogens is 1. The third kappa shape index (κ3) is 5.53. The first kappa shape index (κ1) is 24.5. The number of carbonyl (C=O) groups is 1. The molecule has 0 unspecified atom stereocenters. The highest BCUT2D eigenvalue weighted by molar-refractivity contribution is 6.00. The lowest BCUT2D eigenvalue weighted by atomic mass is 9.78. The lowest BCUT2D eigenvalue weighted by Gasteiger charge is -2.27. The minimum atomic E-state index is -0.681. The summed E-state index contributed by atoms with van der Waals surface area (Å²) in [6.45, 7) is 2.08. The second-order valence-corrected chi connectivity index (χ2v) is 9.58. The van der Waals surface area contributed by atoms with Crippen LogP contribution in [-0.4, -0.2) is 26.6 Å². The molecule has 4 rings (SSSR count). The van der Waals surface area contributed by atoms with Crippen LogP contribution in [0.1, 0.15) is 71.8 Å². The van der Waals surface area contributed by atoms with Crippen molar-refractivity contribution in [3.63, 3.8) is 0 Å². The fraction of sp³-hybridized carbons (Fsp3) is 0.345. The van der Waals surface area contributed by atoms with Gasteiger partial charge in [0.1, 0.15) is 0 Å². The van der Waals surface area contributed by atoms with Gasteiger partial charge in [0.05, 0.1) is 11.6 Å². The highest BCUT2D eigenvalue weighted by Crippen LogP contribution is 2.37. The second-order valence-electron chi connectivity index (χ2n) is 9.58. The van der Waals surface area contributed by atoms with Crippen LogP contribution < -0.4 is 5.56 Å². The zero-order valence-electron chi connectivity index (χ0n) is 20.2. The van der Waals surface area contributed by atoms with Crippen molar-refractivity contribution in [3.8, 4) is 0 Å². The molecule has 6 heteroatoms. The summed E-state index contributed by atoms with van der Waals surface area (Å²) in [5.74, 6) is -0.544. The molecule has 1 heterocycles. The van der Waals surface area contributed by atoms with Crippen LogP contribution in [0.25, 0.3) is 0 Å². The van der Waals surface area contributed by atoms with Gasteiger partial charge in [0.25, 0.3) is 0 Å². The van der Waals surface area contributed by atoms with Gasteiger partial charge in [-0.2, -0.15) is 0 Å². The number of carboxylic acids is 1. The average molecular weight is 473 g/mol. The van der Waals surface area contributed by atoms with E-state index >= 15 is 0 Å². The van der Waals surface area contributed by atoms with E-state index in [1.165, 1.54) is 16.2 Å². The molecule has 3 aromatic rings. The van der Waals surface area contributed by atoms with Crippen LogP contribution in [0.15, 0.2) is 76.8 Å². The van der Waals surface area contributed by atoms with Crippen LogP contribution in [0, 0.1) is 12.8 Å². The van der Waals surface area contributed by atoms with Gasteiger partial charge in [-0.1, -0.05) is 53.7 Å². The Morgan fingerprint density at radius 2 is 1.71 bits per heavy atom. The molecule has 0 amide bonds. The molecule has 2 aromatic carbocycles. The van der Waals surface area contributed by atoms with E-state index < -0.39 is 5.97 Å². The van der Waals surface area contributed by atoms with Crippen molar-refractivity contribution >= 4 is 11.7 Å². The van der Waals surface area contributed by atoms with Crippen molar-refractivity contribution in [2.24, 2.45) is 18.1 Å². The molecule has 1 aliphatic carbocycles. The van der Waals surface area contributed by atoms with Crippen LogP contribution in [0.3, 0.4) is 0 Å². The van der Waals surface area contributed by atoms with Crippen LogP contribution in [0.2, 0.25) is 0 Å². The molecule has 1 atom stereocenters. The lowest BCUT2D eigenvalue weighted by Crippen LogP contribution is -2.20. The number of oxime groups is 1. The number of carboxylic acid groups (broad SMARTS) is 1. The SMILES string of the molecule is Cc1ccccc1[C@@H](C/C(=N\O)c1ccc(=O)n(C)c1)c1ccc(C2CCC(C(=O)O)CC2)cc1. The Balaban J connectivity index is 1.62. The Labute approximate surface area is 205 Å². The predicted octanol–water partition coefficient (Wildman–Crippen LogP) is 5.45. The van der Waals surface area contributed by atoms with Gasteiger partial charge in [0.2, 0.25) is 5.56 Å². The molecule has 0 saturated heterocycles. The number of aryl methyl sites for hydroxylation is 2. The van der Waals surface area contributed by atoms with Gasteiger partial charge in [-0.05, 0) is 66.8 Å². The Morgan fingerprint density at radius 3 is 2.31 bits per heavy atom. The van der Waals surface area contributed by atoms with E-state index in [9.17, 15) is 19.9 Å². The average Bonchev–Trinajstić information content (AvgIpc) is 2.87. The monoisotopic (exact) mass is 472 g/mol. The van der Waals surface area contributed by atoms with Crippen molar-refractivity contribution in [3.05, 3.63) is 105 Å². The highest BCUT2D eigenvalue weighted by Gasteiger charge is 2.27. The summed E-state index contributed by atoms with van der Waals surface area (Å²) in [4.78, 5) is 23.1. The van der Waals surface area contributed by atoms with Crippen molar-refractivity contribution < 1.29 is 15.1 Å². The molecule has 0 radical (unpaired) electrons. The Hall–Kier alpha value is -3.67. The first-order chi connectivity index (χ1) is 16.9. The Morgan fingerprint density at radius 1 is 1.03 bits per heavy atom. The number of hydrogen-bond acceptors (Lipinski definition) is 4. The van der Waals surface area contributed by atoms with E-state index in [2.05, 4.69) is 48.5 Å². The number of nitrogens with zero attached hydrogens (tertiary/aromatic N) is 2. The maximum absolute atomic E-state index is 11.8. The second kappa shape index (κ2) is 10.7. The summed E-state index contributed by atoms with van der Waals surface area (Å²) < 4.78 is 1.48. The minimum absolute atomic E-state index is 0.0314. The van der Waals surface area contributed by atoms with Gasteiger partial charge in [0.15, 0.2) is 0 Å².